The normalized spacial score (nSPS) is 18.0. The molecule has 1 aromatic carbocycles. The maximum Gasteiger partial charge on any atom is 0.325 e. The van der Waals surface area contributed by atoms with E-state index < -0.39 is 29.9 Å². The Hall–Kier alpha value is -2.94. The van der Waals surface area contributed by atoms with Crippen molar-refractivity contribution in [1.82, 2.24) is 21.3 Å². The molecular formula is C19H26N4O5. The van der Waals surface area contributed by atoms with E-state index in [2.05, 4.69) is 21.3 Å². The van der Waals surface area contributed by atoms with E-state index in [4.69, 9.17) is 5.11 Å². The van der Waals surface area contributed by atoms with Gasteiger partial charge in [-0.2, -0.15) is 0 Å². The summed E-state index contributed by atoms with van der Waals surface area (Å²) in [6, 6.07) is 7.00. The standard InChI is InChI=1S/C19H26N4O5/c1-12(19(27)28)22-16(24)11-21-17(25)15(10-13-6-3-2-4-7-13)23-18(26)14-8-5-9-20-14/h2-4,6-7,12,14-15,20H,5,8-11H2,1H3,(H,21,25)(H,22,24)(H,23,26)(H,27,28). The summed E-state index contributed by atoms with van der Waals surface area (Å²) < 4.78 is 0. The van der Waals surface area contributed by atoms with Crippen LogP contribution in [0.3, 0.4) is 0 Å². The van der Waals surface area contributed by atoms with E-state index >= 15 is 0 Å². The molecule has 9 nitrogen and oxygen atoms in total. The first kappa shape index (κ1) is 21.4. The third-order valence-corrected chi connectivity index (χ3v) is 4.46. The Labute approximate surface area is 163 Å². The minimum Gasteiger partial charge on any atom is -0.480 e. The molecule has 0 radical (unpaired) electrons. The number of amides is 3. The summed E-state index contributed by atoms with van der Waals surface area (Å²) >= 11 is 0. The topological polar surface area (TPSA) is 137 Å². The van der Waals surface area contributed by atoms with Crippen LogP contribution in [0.4, 0.5) is 0 Å². The van der Waals surface area contributed by atoms with Crippen molar-refractivity contribution in [3.8, 4) is 0 Å². The minimum absolute atomic E-state index is 0.252. The molecule has 1 fully saturated rings. The summed E-state index contributed by atoms with van der Waals surface area (Å²) in [7, 11) is 0. The first-order chi connectivity index (χ1) is 13.4. The lowest BCUT2D eigenvalue weighted by molar-refractivity contribution is -0.141. The first-order valence-corrected chi connectivity index (χ1v) is 9.24. The fraction of sp³-hybridized carbons (Fsp3) is 0.474. The zero-order chi connectivity index (χ0) is 20.5. The van der Waals surface area contributed by atoms with Crippen LogP contribution in [0, 0.1) is 0 Å². The molecule has 1 aliphatic heterocycles. The second-order valence-electron chi connectivity index (χ2n) is 6.75. The van der Waals surface area contributed by atoms with E-state index in [1.165, 1.54) is 6.92 Å². The quantitative estimate of drug-likeness (QED) is 0.373. The number of hydrogen-bond acceptors (Lipinski definition) is 5. The van der Waals surface area contributed by atoms with Gasteiger partial charge in [0.15, 0.2) is 0 Å². The third kappa shape index (κ3) is 6.66. The Kier molecular flexibility index (Phi) is 7.94. The van der Waals surface area contributed by atoms with Crippen LogP contribution in [0.5, 0.6) is 0 Å². The fourth-order valence-corrected chi connectivity index (χ4v) is 2.88. The molecule has 2 rings (SSSR count). The van der Waals surface area contributed by atoms with E-state index in [1.807, 2.05) is 30.3 Å². The average molecular weight is 390 g/mol. The van der Waals surface area contributed by atoms with Crippen molar-refractivity contribution in [2.24, 2.45) is 0 Å². The van der Waals surface area contributed by atoms with Crippen molar-refractivity contribution >= 4 is 23.7 Å². The molecule has 3 amide bonds. The van der Waals surface area contributed by atoms with Gasteiger partial charge in [0, 0.05) is 6.42 Å². The molecule has 0 aromatic heterocycles. The number of rotatable bonds is 9. The van der Waals surface area contributed by atoms with Gasteiger partial charge in [-0.15, -0.1) is 0 Å². The molecule has 0 spiro atoms. The smallest absolute Gasteiger partial charge is 0.325 e. The minimum atomic E-state index is -1.17. The van der Waals surface area contributed by atoms with Gasteiger partial charge in [0.2, 0.25) is 17.7 Å². The van der Waals surface area contributed by atoms with E-state index in [0.717, 1.165) is 18.5 Å². The Morgan fingerprint density at radius 2 is 1.89 bits per heavy atom. The monoisotopic (exact) mass is 390 g/mol. The van der Waals surface area contributed by atoms with E-state index in [0.29, 0.717) is 6.42 Å². The first-order valence-electron chi connectivity index (χ1n) is 9.24. The Bertz CT molecular complexity index is 704. The second kappa shape index (κ2) is 10.4. The Morgan fingerprint density at radius 1 is 1.18 bits per heavy atom. The molecule has 0 aliphatic carbocycles. The van der Waals surface area contributed by atoms with Crippen molar-refractivity contribution < 1.29 is 24.3 Å². The predicted octanol–water partition coefficient (Wildman–Crippen LogP) is -0.829. The number of carbonyl (C=O) groups excluding carboxylic acids is 3. The number of hydrogen-bond donors (Lipinski definition) is 5. The number of aliphatic carboxylic acids is 1. The highest BCUT2D eigenvalue weighted by molar-refractivity contribution is 5.92. The number of carboxylic acids is 1. The van der Waals surface area contributed by atoms with Gasteiger partial charge >= 0.3 is 5.97 Å². The molecule has 0 bridgehead atoms. The van der Waals surface area contributed by atoms with E-state index in [-0.39, 0.29) is 24.9 Å². The second-order valence-corrected chi connectivity index (χ2v) is 6.75. The SMILES string of the molecule is CC(NC(=O)CNC(=O)C(Cc1ccccc1)NC(=O)C1CCCN1)C(=O)O. The molecule has 5 N–H and O–H groups in total. The Balaban J connectivity index is 1.96. The van der Waals surface area contributed by atoms with Gasteiger partial charge in [-0.05, 0) is 31.9 Å². The maximum absolute atomic E-state index is 12.6. The number of benzene rings is 1. The number of carbonyl (C=O) groups is 4. The van der Waals surface area contributed by atoms with Crippen molar-refractivity contribution in [2.45, 2.75) is 44.3 Å². The van der Waals surface area contributed by atoms with Crippen molar-refractivity contribution in [3.63, 3.8) is 0 Å². The van der Waals surface area contributed by atoms with Crippen LogP contribution in [-0.4, -0.2) is 60.0 Å². The zero-order valence-corrected chi connectivity index (χ0v) is 15.7. The molecule has 3 atom stereocenters. The summed E-state index contributed by atoms with van der Waals surface area (Å²) in [4.78, 5) is 47.6. The molecule has 28 heavy (non-hydrogen) atoms. The lowest BCUT2D eigenvalue weighted by atomic mass is 10.0. The number of nitrogens with one attached hydrogen (secondary N) is 4. The van der Waals surface area contributed by atoms with Crippen LogP contribution in [0.2, 0.25) is 0 Å². The summed E-state index contributed by atoms with van der Waals surface area (Å²) in [5.74, 6) is -2.55. The third-order valence-electron chi connectivity index (χ3n) is 4.46. The van der Waals surface area contributed by atoms with E-state index in [9.17, 15) is 19.2 Å². The van der Waals surface area contributed by atoms with Gasteiger partial charge in [0.25, 0.3) is 0 Å². The molecule has 3 unspecified atom stereocenters. The largest absolute Gasteiger partial charge is 0.480 e. The molecule has 1 aliphatic rings. The van der Waals surface area contributed by atoms with Crippen LogP contribution < -0.4 is 21.3 Å². The fourth-order valence-electron chi connectivity index (χ4n) is 2.88. The maximum atomic E-state index is 12.6. The summed E-state index contributed by atoms with van der Waals surface area (Å²) in [6.07, 6.45) is 1.88. The van der Waals surface area contributed by atoms with Gasteiger partial charge in [0.05, 0.1) is 12.6 Å². The number of carboxylic acid groups (broad SMARTS) is 1. The van der Waals surface area contributed by atoms with Crippen molar-refractivity contribution in [3.05, 3.63) is 35.9 Å². The van der Waals surface area contributed by atoms with Crippen LogP contribution in [0.25, 0.3) is 0 Å². The molecule has 9 heteroatoms. The molecule has 0 saturated carbocycles. The Morgan fingerprint density at radius 3 is 2.50 bits per heavy atom. The highest BCUT2D eigenvalue weighted by Gasteiger charge is 2.27. The highest BCUT2D eigenvalue weighted by atomic mass is 16.4. The van der Waals surface area contributed by atoms with Crippen LogP contribution in [0.1, 0.15) is 25.3 Å². The van der Waals surface area contributed by atoms with Crippen LogP contribution >= 0.6 is 0 Å². The van der Waals surface area contributed by atoms with Gasteiger partial charge in [-0.1, -0.05) is 30.3 Å². The average Bonchev–Trinajstić information content (AvgIpc) is 3.21. The van der Waals surface area contributed by atoms with Gasteiger partial charge in [-0.3, -0.25) is 19.2 Å². The highest BCUT2D eigenvalue weighted by Crippen LogP contribution is 2.07. The lowest BCUT2D eigenvalue weighted by Crippen LogP contribution is -2.54. The van der Waals surface area contributed by atoms with Crippen molar-refractivity contribution in [2.75, 3.05) is 13.1 Å². The molecule has 1 heterocycles. The predicted molar refractivity (Wildman–Crippen MR) is 101 cm³/mol. The van der Waals surface area contributed by atoms with Crippen molar-refractivity contribution in [1.29, 1.82) is 0 Å². The van der Waals surface area contributed by atoms with Gasteiger partial charge < -0.3 is 26.4 Å². The van der Waals surface area contributed by atoms with Gasteiger partial charge in [0.1, 0.15) is 12.1 Å². The summed E-state index contributed by atoms with van der Waals surface area (Å²) in [6.45, 7) is 1.71. The summed E-state index contributed by atoms with van der Waals surface area (Å²) in [5, 5.41) is 19.4. The molecular weight excluding hydrogens is 364 g/mol. The summed E-state index contributed by atoms with van der Waals surface area (Å²) in [5.41, 5.74) is 0.867. The van der Waals surface area contributed by atoms with Crippen LogP contribution in [0.15, 0.2) is 30.3 Å². The van der Waals surface area contributed by atoms with Gasteiger partial charge in [-0.25, -0.2) is 0 Å². The molecule has 152 valence electrons. The van der Waals surface area contributed by atoms with E-state index in [1.54, 1.807) is 0 Å². The molecule has 1 saturated heterocycles. The lowest BCUT2D eigenvalue weighted by Gasteiger charge is -2.21. The van der Waals surface area contributed by atoms with Crippen LogP contribution in [-0.2, 0) is 25.6 Å². The molecule has 1 aromatic rings. The zero-order valence-electron chi connectivity index (χ0n) is 15.7.